The van der Waals surface area contributed by atoms with Gasteiger partial charge in [-0.25, -0.2) is 0 Å². The van der Waals surface area contributed by atoms with Crippen LogP contribution in [0.3, 0.4) is 0 Å². The molecule has 0 aromatic heterocycles. The highest BCUT2D eigenvalue weighted by Crippen LogP contribution is 2.44. The molecule has 0 saturated heterocycles. The minimum atomic E-state index is -0.110. The summed E-state index contributed by atoms with van der Waals surface area (Å²) in [6.07, 6.45) is 2.09. The van der Waals surface area contributed by atoms with Crippen molar-refractivity contribution < 1.29 is 4.74 Å². The molecule has 0 saturated carbocycles. The monoisotopic (exact) mass is 276 g/mol. The van der Waals surface area contributed by atoms with E-state index in [9.17, 15) is 0 Å². The largest absolute Gasteiger partial charge is 0.493 e. The van der Waals surface area contributed by atoms with Crippen molar-refractivity contribution in [2.24, 2.45) is 5.73 Å². The van der Waals surface area contributed by atoms with Crippen molar-refractivity contribution in [2.75, 3.05) is 27.2 Å². The van der Waals surface area contributed by atoms with E-state index in [1.807, 2.05) is 0 Å². The van der Waals surface area contributed by atoms with Crippen molar-refractivity contribution in [1.82, 2.24) is 4.90 Å². The van der Waals surface area contributed by atoms with Crippen molar-refractivity contribution in [3.63, 3.8) is 0 Å². The number of ether oxygens (including phenoxy) is 1. The topological polar surface area (TPSA) is 38.5 Å². The fraction of sp³-hybridized carbons (Fsp3) is 0.647. The molecule has 1 atom stereocenters. The van der Waals surface area contributed by atoms with E-state index in [-0.39, 0.29) is 5.54 Å². The summed E-state index contributed by atoms with van der Waals surface area (Å²) >= 11 is 0. The molecule has 2 rings (SSSR count). The van der Waals surface area contributed by atoms with Crippen LogP contribution in [0.25, 0.3) is 0 Å². The van der Waals surface area contributed by atoms with E-state index in [0.717, 1.165) is 25.2 Å². The molecule has 0 amide bonds. The van der Waals surface area contributed by atoms with Crippen molar-refractivity contribution in [3.05, 3.63) is 28.8 Å². The molecule has 2 N–H and O–H groups in total. The fourth-order valence-electron chi connectivity index (χ4n) is 3.38. The quantitative estimate of drug-likeness (QED) is 0.922. The highest BCUT2D eigenvalue weighted by Gasteiger charge is 2.39. The Kier molecular flexibility index (Phi) is 4.40. The van der Waals surface area contributed by atoms with Gasteiger partial charge in [0.1, 0.15) is 5.75 Å². The Morgan fingerprint density at radius 3 is 2.60 bits per heavy atom. The Balaban J connectivity index is 2.73. The zero-order chi connectivity index (χ0) is 14.9. The summed E-state index contributed by atoms with van der Waals surface area (Å²) in [6, 6.07) is 4.43. The molecule has 0 radical (unpaired) electrons. The second-order valence-corrected chi connectivity index (χ2v) is 6.41. The first-order chi connectivity index (χ1) is 9.44. The minimum absolute atomic E-state index is 0.110. The van der Waals surface area contributed by atoms with E-state index in [1.165, 1.54) is 16.7 Å². The molecular weight excluding hydrogens is 248 g/mol. The minimum Gasteiger partial charge on any atom is -0.493 e. The number of likely N-dealkylation sites (N-methyl/N-ethyl adjacent to an activating group) is 1. The SMILES string of the molecule is Cc1ccc(C(C)C)c2c1C(CN)(N(C)C)CCCO2. The standard InChI is InChI=1S/C17H28N2O/c1-12(2)14-8-7-13(3)15-16(14)20-10-6-9-17(15,11-18)19(4)5/h7-8,12H,6,9-11,18H2,1-5H3. The smallest absolute Gasteiger partial charge is 0.128 e. The van der Waals surface area contributed by atoms with Gasteiger partial charge in [0.05, 0.1) is 12.1 Å². The average molecular weight is 276 g/mol. The third kappa shape index (κ3) is 2.33. The predicted octanol–water partition coefficient (Wildman–Crippen LogP) is 3.01. The van der Waals surface area contributed by atoms with Crippen LogP contribution < -0.4 is 10.5 Å². The van der Waals surface area contributed by atoms with Gasteiger partial charge in [-0.3, -0.25) is 4.90 Å². The van der Waals surface area contributed by atoms with E-state index >= 15 is 0 Å². The van der Waals surface area contributed by atoms with E-state index < -0.39 is 0 Å². The first kappa shape index (κ1) is 15.3. The van der Waals surface area contributed by atoms with E-state index in [4.69, 9.17) is 10.5 Å². The lowest BCUT2D eigenvalue weighted by atomic mass is 9.80. The van der Waals surface area contributed by atoms with E-state index in [2.05, 4.69) is 51.9 Å². The maximum absolute atomic E-state index is 6.22. The van der Waals surface area contributed by atoms with Gasteiger partial charge < -0.3 is 10.5 Å². The summed E-state index contributed by atoms with van der Waals surface area (Å²) in [5.41, 5.74) is 9.99. The summed E-state index contributed by atoms with van der Waals surface area (Å²) in [5, 5.41) is 0. The van der Waals surface area contributed by atoms with Crippen LogP contribution in [0.2, 0.25) is 0 Å². The van der Waals surface area contributed by atoms with Gasteiger partial charge in [0.2, 0.25) is 0 Å². The molecule has 1 unspecified atom stereocenters. The molecule has 112 valence electrons. The predicted molar refractivity (Wildman–Crippen MR) is 84.4 cm³/mol. The third-order valence-electron chi connectivity index (χ3n) is 4.66. The molecule has 0 aliphatic carbocycles. The maximum atomic E-state index is 6.22. The number of aryl methyl sites for hydroxylation is 1. The highest BCUT2D eigenvalue weighted by molar-refractivity contribution is 5.52. The summed E-state index contributed by atoms with van der Waals surface area (Å²) in [7, 11) is 4.26. The second-order valence-electron chi connectivity index (χ2n) is 6.41. The second kappa shape index (κ2) is 5.74. The Morgan fingerprint density at radius 1 is 1.35 bits per heavy atom. The molecule has 3 nitrogen and oxygen atoms in total. The molecule has 1 aliphatic rings. The fourth-order valence-corrected chi connectivity index (χ4v) is 3.38. The van der Waals surface area contributed by atoms with Gasteiger partial charge in [-0.1, -0.05) is 26.0 Å². The van der Waals surface area contributed by atoms with Crippen molar-refractivity contribution >= 4 is 0 Å². The van der Waals surface area contributed by atoms with E-state index in [1.54, 1.807) is 0 Å². The first-order valence-corrected chi connectivity index (χ1v) is 7.58. The van der Waals surface area contributed by atoms with Gasteiger partial charge in [0.25, 0.3) is 0 Å². The van der Waals surface area contributed by atoms with Crippen molar-refractivity contribution in [1.29, 1.82) is 0 Å². The molecule has 1 aromatic rings. The summed E-state index contributed by atoms with van der Waals surface area (Å²) < 4.78 is 6.15. The van der Waals surface area contributed by atoms with Crippen LogP contribution in [0.1, 0.15) is 49.3 Å². The number of nitrogens with zero attached hydrogens (tertiary/aromatic N) is 1. The highest BCUT2D eigenvalue weighted by atomic mass is 16.5. The van der Waals surface area contributed by atoms with Gasteiger partial charge in [-0.2, -0.15) is 0 Å². The molecular formula is C17H28N2O. The van der Waals surface area contributed by atoms with Crippen LogP contribution in [-0.4, -0.2) is 32.1 Å². The molecule has 1 aromatic carbocycles. The molecule has 0 fully saturated rings. The molecule has 20 heavy (non-hydrogen) atoms. The van der Waals surface area contributed by atoms with Gasteiger partial charge in [-0.15, -0.1) is 0 Å². The third-order valence-corrected chi connectivity index (χ3v) is 4.66. The Bertz CT molecular complexity index is 482. The molecule has 0 spiro atoms. The number of fused-ring (bicyclic) bond motifs is 1. The van der Waals surface area contributed by atoms with Gasteiger partial charge >= 0.3 is 0 Å². The van der Waals surface area contributed by atoms with Crippen molar-refractivity contribution in [2.45, 2.75) is 45.1 Å². The number of hydrogen-bond donors (Lipinski definition) is 1. The number of rotatable bonds is 3. The van der Waals surface area contributed by atoms with Crippen LogP contribution in [-0.2, 0) is 5.54 Å². The molecule has 0 bridgehead atoms. The molecule has 1 aliphatic heterocycles. The Morgan fingerprint density at radius 2 is 2.05 bits per heavy atom. The van der Waals surface area contributed by atoms with Crippen molar-refractivity contribution in [3.8, 4) is 5.75 Å². The Labute approximate surface area is 123 Å². The van der Waals surface area contributed by atoms with Crippen LogP contribution in [0, 0.1) is 6.92 Å². The number of benzene rings is 1. The summed E-state index contributed by atoms with van der Waals surface area (Å²) in [4.78, 5) is 2.28. The molecule has 1 heterocycles. The van der Waals surface area contributed by atoms with Crippen LogP contribution >= 0.6 is 0 Å². The lowest BCUT2D eigenvalue weighted by Crippen LogP contribution is -2.47. The zero-order valence-corrected chi connectivity index (χ0v) is 13.5. The van der Waals surface area contributed by atoms with Gasteiger partial charge in [-0.05, 0) is 50.9 Å². The van der Waals surface area contributed by atoms with Gasteiger partial charge in [0, 0.05) is 12.1 Å². The number of nitrogens with two attached hydrogens (primary N) is 1. The maximum Gasteiger partial charge on any atom is 0.128 e. The summed E-state index contributed by atoms with van der Waals surface area (Å²) in [5.74, 6) is 1.54. The van der Waals surface area contributed by atoms with E-state index in [0.29, 0.717) is 12.5 Å². The van der Waals surface area contributed by atoms with Gasteiger partial charge in [0.15, 0.2) is 0 Å². The Hall–Kier alpha value is -1.06. The van der Waals surface area contributed by atoms with Crippen LogP contribution in [0.5, 0.6) is 5.75 Å². The lowest BCUT2D eigenvalue weighted by Gasteiger charge is -2.40. The zero-order valence-electron chi connectivity index (χ0n) is 13.5. The normalized spacial score (nSPS) is 22.6. The molecule has 3 heteroatoms. The van der Waals surface area contributed by atoms with Crippen LogP contribution in [0.15, 0.2) is 12.1 Å². The summed E-state index contributed by atoms with van der Waals surface area (Å²) in [6.45, 7) is 8.02. The first-order valence-electron chi connectivity index (χ1n) is 7.58. The lowest BCUT2D eigenvalue weighted by molar-refractivity contribution is 0.146. The average Bonchev–Trinajstić information content (AvgIpc) is 2.59. The van der Waals surface area contributed by atoms with Crippen LogP contribution in [0.4, 0.5) is 0 Å². The number of hydrogen-bond acceptors (Lipinski definition) is 3.